The van der Waals surface area contributed by atoms with E-state index in [2.05, 4.69) is 6.07 Å². The summed E-state index contributed by atoms with van der Waals surface area (Å²) in [5.74, 6) is 0.616. The first kappa shape index (κ1) is 15.9. The van der Waals surface area contributed by atoms with Gasteiger partial charge in [-0.15, -0.1) is 0 Å². The number of ether oxygens (including phenoxy) is 1. The van der Waals surface area contributed by atoms with E-state index in [0.29, 0.717) is 12.1 Å². The molecule has 0 unspecified atom stereocenters. The molecule has 3 aromatic carbocycles. The van der Waals surface area contributed by atoms with Gasteiger partial charge in [-0.3, -0.25) is 4.79 Å². The van der Waals surface area contributed by atoms with Crippen LogP contribution in [0.25, 0.3) is 10.8 Å². The van der Waals surface area contributed by atoms with Crippen molar-refractivity contribution in [3.8, 4) is 11.5 Å². The molecule has 0 radical (unpaired) electrons. The monoisotopic (exact) mass is 321 g/mol. The average molecular weight is 321 g/mol. The lowest BCUT2D eigenvalue weighted by atomic mass is 10.1. The molecule has 0 saturated carbocycles. The molecule has 1 N–H and O–H groups in total. The van der Waals surface area contributed by atoms with Crippen LogP contribution < -0.4 is 4.74 Å². The van der Waals surface area contributed by atoms with Crippen LogP contribution in [0.4, 0.5) is 0 Å². The van der Waals surface area contributed by atoms with E-state index in [1.54, 1.807) is 37.3 Å². The molecule has 0 atom stereocenters. The Morgan fingerprint density at radius 2 is 1.75 bits per heavy atom. The fourth-order valence-corrected chi connectivity index (χ4v) is 2.70. The van der Waals surface area contributed by atoms with Crippen LogP contribution in [-0.4, -0.2) is 30.1 Å². The van der Waals surface area contributed by atoms with Gasteiger partial charge in [-0.05, 0) is 46.7 Å². The molecule has 0 bridgehead atoms. The van der Waals surface area contributed by atoms with E-state index in [4.69, 9.17) is 4.74 Å². The zero-order chi connectivity index (χ0) is 17.1. The number of nitrogens with zero attached hydrogens (tertiary/aromatic N) is 1. The number of fused-ring (bicyclic) bond motifs is 1. The topological polar surface area (TPSA) is 49.8 Å². The van der Waals surface area contributed by atoms with Gasteiger partial charge in [0.15, 0.2) is 0 Å². The minimum absolute atomic E-state index is 0.0000403. The molecule has 1 amide bonds. The molecule has 0 aliphatic rings. The standard InChI is InChI=1S/C20H19NO3/c1-21(20(23)18-5-3-4-6-19(18)22)13-14-7-8-16-12-17(24-2)10-9-15(16)11-14/h3-12,22H,13H2,1-2H3. The van der Waals surface area contributed by atoms with E-state index in [0.717, 1.165) is 22.1 Å². The molecule has 0 aliphatic heterocycles. The van der Waals surface area contributed by atoms with E-state index in [9.17, 15) is 9.90 Å². The van der Waals surface area contributed by atoms with Crippen LogP contribution in [-0.2, 0) is 6.54 Å². The smallest absolute Gasteiger partial charge is 0.257 e. The SMILES string of the molecule is COc1ccc2cc(CN(C)C(=O)c3ccccc3O)ccc2c1. The van der Waals surface area contributed by atoms with Crippen molar-refractivity contribution >= 4 is 16.7 Å². The summed E-state index contributed by atoms with van der Waals surface area (Å²) in [6.07, 6.45) is 0. The lowest BCUT2D eigenvalue weighted by molar-refractivity contribution is 0.0782. The highest BCUT2D eigenvalue weighted by atomic mass is 16.5. The van der Waals surface area contributed by atoms with Gasteiger partial charge in [-0.2, -0.15) is 0 Å². The maximum atomic E-state index is 12.5. The van der Waals surface area contributed by atoms with Gasteiger partial charge < -0.3 is 14.7 Å². The Kier molecular flexibility index (Phi) is 4.38. The lowest BCUT2D eigenvalue weighted by Gasteiger charge is -2.18. The Morgan fingerprint density at radius 3 is 2.50 bits per heavy atom. The first-order chi connectivity index (χ1) is 11.6. The molecule has 4 nitrogen and oxygen atoms in total. The van der Waals surface area contributed by atoms with Crippen LogP contribution >= 0.6 is 0 Å². The number of para-hydroxylation sites is 1. The summed E-state index contributed by atoms with van der Waals surface area (Å²) in [6, 6.07) is 18.6. The van der Waals surface area contributed by atoms with Crippen molar-refractivity contribution in [2.45, 2.75) is 6.54 Å². The maximum absolute atomic E-state index is 12.5. The van der Waals surface area contributed by atoms with Crippen LogP contribution in [0, 0.1) is 0 Å². The molecule has 0 aromatic heterocycles. The predicted octanol–water partition coefficient (Wildman–Crippen LogP) is 3.83. The van der Waals surface area contributed by atoms with Crippen molar-refractivity contribution in [1.82, 2.24) is 4.90 Å². The molecule has 4 heteroatoms. The van der Waals surface area contributed by atoms with E-state index in [1.807, 2.05) is 30.3 Å². The second-order valence-electron chi connectivity index (χ2n) is 5.73. The molecule has 0 aliphatic carbocycles. The Hall–Kier alpha value is -3.01. The number of phenols is 1. The third kappa shape index (κ3) is 3.18. The second-order valence-corrected chi connectivity index (χ2v) is 5.73. The van der Waals surface area contributed by atoms with Crippen molar-refractivity contribution in [3.05, 3.63) is 71.8 Å². The number of amides is 1. The quantitative estimate of drug-likeness (QED) is 0.794. The minimum atomic E-state index is -0.206. The van der Waals surface area contributed by atoms with Gasteiger partial charge in [-0.1, -0.05) is 30.3 Å². The predicted molar refractivity (Wildman–Crippen MR) is 94.4 cm³/mol. The van der Waals surface area contributed by atoms with Crippen molar-refractivity contribution in [2.75, 3.05) is 14.2 Å². The van der Waals surface area contributed by atoms with Gasteiger partial charge in [0.05, 0.1) is 12.7 Å². The summed E-state index contributed by atoms with van der Waals surface area (Å²) >= 11 is 0. The molecule has 0 saturated heterocycles. The number of benzene rings is 3. The summed E-state index contributed by atoms with van der Waals surface area (Å²) < 4.78 is 5.23. The summed E-state index contributed by atoms with van der Waals surface area (Å²) in [6.45, 7) is 0.467. The van der Waals surface area contributed by atoms with Crippen LogP contribution in [0.2, 0.25) is 0 Å². The summed E-state index contributed by atoms with van der Waals surface area (Å²) in [5, 5.41) is 12.0. The van der Waals surface area contributed by atoms with Crippen LogP contribution in [0.3, 0.4) is 0 Å². The third-order valence-electron chi connectivity index (χ3n) is 4.01. The minimum Gasteiger partial charge on any atom is -0.507 e. The number of carbonyl (C=O) groups excluding carboxylic acids is 1. The molecule has 0 heterocycles. The fourth-order valence-electron chi connectivity index (χ4n) is 2.70. The highest BCUT2D eigenvalue weighted by Crippen LogP contribution is 2.23. The summed E-state index contributed by atoms with van der Waals surface area (Å²) in [5.41, 5.74) is 1.34. The number of carbonyl (C=O) groups is 1. The lowest BCUT2D eigenvalue weighted by Crippen LogP contribution is -2.26. The van der Waals surface area contributed by atoms with E-state index in [-0.39, 0.29) is 11.7 Å². The van der Waals surface area contributed by atoms with Crippen molar-refractivity contribution < 1.29 is 14.6 Å². The number of aromatic hydroxyl groups is 1. The van der Waals surface area contributed by atoms with Gasteiger partial charge in [-0.25, -0.2) is 0 Å². The molecule has 3 rings (SSSR count). The van der Waals surface area contributed by atoms with Crippen molar-refractivity contribution in [2.24, 2.45) is 0 Å². The van der Waals surface area contributed by atoms with E-state index >= 15 is 0 Å². The second kappa shape index (κ2) is 6.62. The van der Waals surface area contributed by atoms with Gasteiger partial charge in [0.2, 0.25) is 0 Å². The zero-order valence-corrected chi connectivity index (χ0v) is 13.7. The van der Waals surface area contributed by atoms with Gasteiger partial charge in [0.1, 0.15) is 11.5 Å². The summed E-state index contributed by atoms with van der Waals surface area (Å²) in [4.78, 5) is 14.1. The number of methoxy groups -OCH3 is 1. The highest BCUT2D eigenvalue weighted by molar-refractivity contribution is 5.96. The Labute approximate surface area is 140 Å². The molecular formula is C20H19NO3. The highest BCUT2D eigenvalue weighted by Gasteiger charge is 2.15. The third-order valence-corrected chi connectivity index (χ3v) is 4.01. The number of phenolic OH excluding ortho intramolecular Hbond substituents is 1. The van der Waals surface area contributed by atoms with Crippen molar-refractivity contribution in [3.63, 3.8) is 0 Å². The molecule has 3 aromatic rings. The van der Waals surface area contributed by atoms with E-state index < -0.39 is 0 Å². The Bertz CT molecular complexity index is 889. The molecule has 24 heavy (non-hydrogen) atoms. The van der Waals surface area contributed by atoms with Crippen molar-refractivity contribution in [1.29, 1.82) is 0 Å². The zero-order valence-electron chi connectivity index (χ0n) is 13.7. The number of hydrogen-bond donors (Lipinski definition) is 1. The molecule has 0 fully saturated rings. The van der Waals surface area contributed by atoms with E-state index in [1.165, 1.54) is 6.07 Å². The summed E-state index contributed by atoms with van der Waals surface area (Å²) in [7, 11) is 3.38. The van der Waals surface area contributed by atoms with Gasteiger partial charge in [0, 0.05) is 13.6 Å². The van der Waals surface area contributed by atoms with Crippen LogP contribution in [0.1, 0.15) is 15.9 Å². The molecular weight excluding hydrogens is 302 g/mol. The van der Waals surface area contributed by atoms with Gasteiger partial charge in [0.25, 0.3) is 5.91 Å². The number of rotatable bonds is 4. The normalized spacial score (nSPS) is 10.6. The largest absolute Gasteiger partial charge is 0.507 e. The molecule has 122 valence electrons. The first-order valence-corrected chi connectivity index (χ1v) is 7.68. The number of hydrogen-bond acceptors (Lipinski definition) is 3. The molecule has 0 spiro atoms. The average Bonchev–Trinajstić information content (AvgIpc) is 2.61. The fraction of sp³-hybridized carbons (Fsp3) is 0.150. The maximum Gasteiger partial charge on any atom is 0.257 e. The van der Waals surface area contributed by atoms with Gasteiger partial charge >= 0.3 is 0 Å². The first-order valence-electron chi connectivity index (χ1n) is 7.68. The Morgan fingerprint density at radius 1 is 1.04 bits per heavy atom. The van der Waals surface area contributed by atoms with Crippen LogP contribution in [0.5, 0.6) is 11.5 Å². The Balaban J connectivity index is 1.81. The van der Waals surface area contributed by atoms with Crippen LogP contribution in [0.15, 0.2) is 60.7 Å².